The Balaban J connectivity index is 1.62. The zero-order chi connectivity index (χ0) is 25.6. The first-order valence-electron chi connectivity index (χ1n) is 11.1. The molecule has 2 aromatic carbocycles. The normalized spacial score (nSPS) is 24.5. The minimum atomic E-state index is -1.39. The molecule has 11 heteroatoms. The number of rotatable bonds is 5. The predicted octanol–water partition coefficient (Wildman–Crippen LogP) is 3.98. The Morgan fingerprint density at radius 2 is 1.78 bits per heavy atom. The standard InChI is InChI=1S/C25H23NO10/c1-25(2)20(31-3)18-19(35-24(30)34-18)22(36-25)32-15-10-9-13-11-14(26-23(28)29)21(27)33-17(13)16(15)12-7-5-4-6-8-12/h4-11,18-20,22,26H,1-3H3,(H,28,29)/t18-,19+,20+,22+/m0/s1. The van der Waals surface area contributed by atoms with Crippen LogP contribution in [0.15, 0.2) is 57.7 Å². The summed E-state index contributed by atoms with van der Waals surface area (Å²) in [6.07, 6.45) is -5.59. The number of nitrogens with one attached hydrogen (secondary N) is 1. The molecule has 5 rings (SSSR count). The molecule has 0 radical (unpaired) electrons. The van der Waals surface area contributed by atoms with Crippen LogP contribution in [0.4, 0.5) is 15.3 Å². The molecule has 0 saturated carbocycles. The third-order valence-corrected chi connectivity index (χ3v) is 6.13. The van der Waals surface area contributed by atoms with Gasteiger partial charge in [-0.25, -0.2) is 14.4 Å². The van der Waals surface area contributed by atoms with E-state index < -0.39 is 48.1 Å². The maximum Gasteiger partial charge on any atom is 0.509 e. The SMILES string of the molecule is CO[C@@H]1[C@H]2OC(=O)O[C@H]2[C@H](Oc2ccc3cc(NC(=O)O)c(=O)oc3c2-c2ccccc2)OC1(C)C. The summed E-state index contributed by atoms with van der Waals surface area (Å²) in [6.45, 7) is 3.57. The van der Waals surface area contributed by atoms with E-state index in [1.165, 1.54) is 13.2 Å². The van der Waals surface area contributed by atoms with Crippen LogP contribution in [0.5, 0.6) is 5.75 Å². The predicted molar refractivity (Wildman–Crippen MR) is 125 cm³/mol. The van der Waals surface area contributed by atoms with E-state index in [1.54, 1.807) is 38.1 Å². The van der Waals surface area contributed by atoms with Crippen molar-refractivity contribution in [3.8, 4) is 16.9 Å². The number of fused-ring (bicyclic) bond motifs is 2. The number of methoxy groups -OCH3 is 1. The van der Waals surface area contributed by atoms with Crippen LogP contribution in [-0.2, 0) is 18.9 Å². The van der Waals surface area contributed by atoms with E-state index in [1.807, 2.05) is 23.5 Å². The van der Waals surface area contributed by atoms with Crippen LogP contribution in [0.1, 0.15) is 13.8 Å². The lowest BCUT2D eigenvalue weighted by Gasteiger charge is -2.45. The van der Waals surface area contributed by atoms with Crippen molar-refractivity contribution in [3.05, 3.63) is 59.0 Å². The summed E-state index contributed by atoms with van der Waals surface area (Å²) in [5, 5.41) is 11.5. The molecule has 1 aromatic heterocycles. The van der Waals surface area contributed by atoms with Gasteiger partial charge in [0, 0.05) is 12.5 Å². The third-order valence-electron chi connectivity index (χ3n) is 6.13. The molecule has 0 unspecified atom stereocenters. The smallest absolute Gasteiger partial charge is 0.465 e. The zero-order valence-corrected chi connectivity index (χ0v) is 19.5. The van der Waals surface area contributed by atoms with Crippen LogP contribution in [0.3, 0.4) is 0 Å². The molecule has 2 fully saturated rings. The largest absolute Gasteiger partial charge is 0.509 e. The van der Waals surface area contributed by atoms with E-state index in [0.29, 0.717) is 16.5 Å². The van der Waals surface area contributed by atoms with Crippen LogP contribution in [-0.4, -0.2) is 54.7 Å². The molecule has 36 heavy (non-hydrogen) atoms. The topological polar surface area (TPSA) is 143 Å². The number of carbonyl (C=O) groups is 2. The molecule has 2 N–H and O–H groups in total. The number of carboxylic acid groups (broad SMARTS) is 1. The lowest BCUT2D eigenvalue weighted by atomic mass is 9.89. The van der Waals surface area contributed by atoms with Crippen LogP contribution < -0.4 is 15.7 Å². The Morgan fingerprint density at radius 1 is 1.06 bits per heavy atom. The van der Waals surface area contributed by atoms with E-state index in [0.717, 1.165) is 0 Å². The van der Waals surface area contributed by atoms with Crippen molar-refractivity contribution in [1.29, 1.82) is 0 Å². The number of amides is 1. The first-order chi connectivity index (χ1) is 17.2. The number of anilines is 1. The highest BCUT2D eigenvalue weighted by Crippen LogP contribution is 2.42. The summed E-state index contributed by atoms with van der Waals surface area (Å²) in [7, 11) is 1.49. The molecular weight excluding hydrogens is 474 g/mol. The van der Waals surface area contributed by atoms with Crippen molar-refractivity contribution in [2.24, 2.45) is 0 Å². The van der Waals surface area contributed by atoms with Crippen LogP contribution >= 0.6 is 0 Å². The van der Waals surface area contributed by atoms with Gasteiger partial charge in [-0.05, 0) is 37.6 Å². The molecule has 0 spiro atoms. The summed E-state index contributed by atoms with van der Waals surface area (Å²) < 4.78 is 34.2. The molecule has 11 nitrogen and oxygen atoms in total. The number of carbonyl (C=O) groups excluding carboxylic acids is 1. The second-order valence-electron chi connectivity index (χ2n) is 8.88. The van der Waals surface area contributed by atoms with Crippen molar-refractivity contribution in [2.45, 2.75) is 44.1 Å². The molecule has 2 saturated heterocycles. The number of ether oxygens (including phenoxy) is 5. The Morgan fingerprint density at radius 3 is 2.47 bits per heavy atom. The molecule has 0 bridgehead atoms. The molecular formula is C25H23NO10. The summed E-state index contributed by atoms with van der Waals surface area (Å²) in [5.41, 5.74) is -0.701. The Bertz CT molecular complexity index is 1380. The first kappa shape index (κ1) is 23.6. The van der Waals surface area contributed by atoms with Crippen molar-refractivity contribution < 1.29 is 42.8 Å². The van der Waals surface area contributed by atoms with E-state index >= 15 is 0 Å². The summed E-state index contributed by atoms with van der Waals surface area (Å²) in [5.74, 6) is 0.286. The second kappa shape index (κ2) is 8.85. The highest BCUT2D eigenvalue weighted by Gasteiger charge is 2.59. The minimum absolute atomic E-state index is 0.181. The summed E-state index contributed by atoms with van der Waals surface area (Å²) >= 11 is 0. The van der Waals surface area contributed by atoms with Crippen molar-refractivity contribution in [1.82, 2.24) is 0 Å². The van der Waals surface area contributed by atoms with Gasteiger partial charge >= 0.3 is 17.9 Å². The average molecular weight is 497 g/mol. The van der Waals surface area contributed by atoms with E-state index in [-0.39, 0.29) is 17.0 Å². The van der Waals surface area contributed by atoms with Crippen molar-refractivity contribution in [3.63, 3.8) is 0 Å². The van der Waals surface area contributed by atoms with Gasteiger partial charge in [-0.2, -0.15) is 0 Å². The minimum Gasteiger partial charge on any atom is -0.465 e. The number of hydrogen-bond acceptors (Lipinski definition) is 9. The van der Waals surface area contributed by atoms with Crippen LogP contribution in [0, 0.1) is 0 Å². The summed E-state index contributed by atoms with van der Waals surface area (Å²) in [4.78, 5) is 35.6. The molecule has 0 aliphatic carbocycles. The fraction of sp³-hybridized carbons (Fsp3) is 0.320. The fourth-order valence-electron chi connectivity index (χ4n) is 4.64. The zero-order valence-electron chi connectivity index (χ0n) is 19.5. The van der Waals surface area contributed by atoms with Gasteiger partial charge in [0.05, 0.1) is 11.2 Å². The number of benzene rings is 2. The maximum atomic E-state index is 12.5. The van der Waals surface area contributed by atoms with Crippen LogP contribution in [0.2, 0.25) is 0 Å². The Labute approximate surface area is 204 Å². The lowest BCUT2D eigenvalue weighted by Crippen LogP contribution is -2.62. The fourth-order valence-corrected chi connectivity index (χ4v) is 4.64. The maximum absolute atomic E-state index is 12.5. The quantitative estimate of drug-likeness (QED) is 0.392. The lowest BCUT2D eigenvalue weighted by molar-refractivity contribution is -0.282. The number of hydrogen-bond donors (Lipinski definition) is 2. The highest BCUT2D eigenvalue weighted by atomic mass is 16.8. The van der Waals surface area contributed by atoms with Crippen molar-refractivity contribution in [2.75, 3.05) is 12.4 Å². The van der Waals surface area contributed by atoms with Gasteiger partial charge in [0.2, 0.25) is 12.4 Å². The molecule has 2 aliphatic rings. The van der Waals surface area contributed by atoms with E-state index in [2.05, 4.69) is 0 Å². The van der Waals surface area contributed by atoms with Gasteiger partial charge in [0.15, 0.2) is 6.10 Å². The first-order valence-corrected chi connectivity index (χ1v) is 11.1. The van der Waals surface area contributed by atoms with Crippen LogP contribution in [0.25, 0.3) is 22.1 Å². The summed E-state index contributed by atoms with van der Waals surface area (Å²) in [6, 6.07) is 13.7. The molecule has 2 aliphatic heterocycles. The molecule has 3 heterocycles. The Hall–Kier alpha value is -4.09. The monoisotopic (exact) mass is 497 g/mol. The molecule has 188 valence electrons. The molecule has 4 atom stereocenters. The van der Waals surface area contributed by atoms with E-state index in [9.17, 15) is 14.4 Å². The molecule has 3 aromatic rings. The van der Waals surface area contributed by atoms with Gasteiger partial charge in [0.1, 0.15) is 23.1 Å². The third kappa shape index (κ3) is 4.12. The second-order valence-corrected chi connectivity index (χ2v) is 8.88. The molecule has 1 amide bonds. The van der Waals surface area contributed by atoms with Gasteiger partial charge in [-0.15, -0.1) is 0 Å². The van der Waals surface area contributed by atoms with Gasteiger partial charge in [-0.1, -0.05) is 30.3 Å². The average Bonchev–Trinajstić information content (AvgIpc) is 3.20. The highest BCUT2D eigenvalue weighted by molar-refractivity contribution is 5.97. The van der Waals surface area contributed by atoms with Gasteiger partial charge in [-0.3, -0.25) is 5.32 Å². The van der Waals surface area contributed by atoms with Gasteiger partial charge in [0.25, 0.3) is 0 Å². The van der Waals surface area contributed by atoms with Crippen molar-refractivity contribution >= 4 is 28.9 Å². The van der Waals surface area contributed by atoms with E-state index in [4.69, 9.17) is 33.2 Å². The van der Waals surface area contributed by atoms with Gasteiger partial charge < -0.3 is 33.2 Å². The Kier molecular flexibility index (Phi) is 5.81.